The van der Waals surface area contributed by atoms with Crippen LogP contribution in [0.2, 0.25) is 0 Å². The second kappa shape index (κ2) is 9.36. The first-order valence-electron chi connectivity index (χ1n) is 5.90. The van der Waals surface area contributed by atoms with Crippen LogP contribution in [-0.2, 0) is 4.74 Å². The lowest BCUT2D eigenvalue weighted by Crippen LogP contribution is -2.20. The van der Waals surface area contributed by atoms with Crippen molar-refractivity contribution < 1.29 is 9.53 Å². The lowest BCUT2D eigenvalue weighted by Gasteiger charge is -2.09. The summed E-state index contributed by atoms with van der Waals surface area (Å²) in [5, 5.41) is 0. The van der Waals surface area contributed by atoms with Crippen LogP contribution in [-0.4, -0.2) is 18.6 Å². The van der Waals surface area contributed by atoms with Crippen LogP contribution in [0.3, 0.4) is 0 Å². The normalized spacial score (nSPS) is 12.2. The van der Waals surface area contributed by atoms with Crippen LogP contribution in [0, 0.1) is 0 Å². The Labute approximate surface area is 120 Å². The minimum absolute atomic E-state index is 0. The van der Waals surface area contributed by atoms with Gasteiger partial charge in [-0.2, -0.15) is 0 Å². The molecular weight excluding hydrogens is 262 g/mol. The number of rotatable bonds is 6. The zero-order chi connectivity index (χ0) is 13.4. The highest BCUT2D eigenvalue weighted by molar-refractivity contribution is 5.89. The maximum Gasteiger partial charge on any atom is 0.338 e. The van der Waals surface area contributed by atoms with Gasteiger partial charge in [0.1, 0.15) is 6.61 Å². The third-order valence-electron chi connectivity index (χ3n) is 2.63. The van der Waals surface area contributed by atoms with Crippen LogP contribution in [0.1, 0.15) is 23.7 Å². The van der Waals surface area contributed by atoms with Crippen LogP contribution in [0.25, 0.3) is 0 Å². The Morgan fingerprint density at radius 1 is 1.42 bits per heavy atom. The quantitative estimate of drug-likeness (QED) is 0.644. The van der Waals surface area contributed by atoms with Crippen molar-refractivity contribution in [3.05, 3.63) is 60.2 Å². The Morgan fingerprint density at radius 2 is 2.05 bits per heavy atom. The van der Waals surface area contributed by atoms with E-state index >= 15 is 0 Å². The van der Waals surface area contributed by atoms with Gasteiger partial charge in [0.05, 0.1) is 5.56 Å². The lowest BCUT2D eigenvalue weighted by molar-refractivity contribution is 0.0548. The number of ether oxygens (including phenoxy) is 1. The summed E-state index contributed by atoms with van der Waals surface area (Å²) in [6, 6.07) is 8.85. The third kappa shape index (κ3) is 6.22. The molecule has 0 aliphatic rings. The summed E-state index contributed by atoms with van der Waals surface area (Å²) in [7, 11) is 0. The predicted molar refractivity (Wildman–Crippen MR) is 80.5 cm³/mol. The molecule has 0 aliphatic heterocycles. The summed E-state index contributed by atoms with van der Waals surface area (Å²) in [5.74, 6) is -0.322. The van der Waals surface area contributed by atoms with E-state index in [2.05, 4.69) is 6.58 Å². The topological polar surface area (TPSA) is 52.3 Å². The molecule has 0 radical (unpaired) electrons. The number of carbonyl (C=O) groups excluding carboxylic acids is 1. The first kappa shape index (κ1) is 17.4. The molecule has 104 valence electrons. The SMILES string of the molecule is C=CC[C@H](N)C(C)=CCOC(=O)c1ccccc1.Cl. The van der Waals surface area contributed by atoms with Crippen molar-refractivity contribution in [3.63, 3.8) is 0 Å². The molecule has 0 spiro atoms. The standard InChI is InChI=1S/C15H19NO2.ClH/c1-3-7-14(16)12(2)10-11-18-15(17)13-8-5-4-6-9-13;/h3-6,8-10,14H,1,7,11,16H2,2H3;1H/t14-;/m0./s1. The number of hydrogen-bond donors (Lipinski definition) is 1. The van der Waals surface area contributed by atoms with E-state index in [1.54, 1.807) is 30.3 Å². The fraction of sp³-hybridized carbons (Fsp3) is 0.267. The lowest BCUT2D eigenvalue weighted by atomic mass is 10.1. The summed E-state index contributed by atoms with van der Waals surface area (Å²) >= 11 is 0. The van der Waals surface area contributed by atoms with Gasteiger partial charge in [0.15, 0.2) is 0 Å². The fourth-order valence-corrected chi connectivity index (χ4v) is 1.42. The van der Waals surface area contributed by atoms with Gasteiger partial charge in [0.25, 0.3) is 0 Å². The van der Waals surface area contributed by atoms with E-state index in [0.717, 1.165) is 12.0 Å². The maximum absolute atomic E-state index is 11.6. The van der Waals surface area contributed by atoms with Crippen molar-refractivity contribution >= 4 is 18.4 Å². The number of nitrogens with two attached hydrogens (primary N) is 1. The average Bonchev–Trinajstić information content (AvgIpc) is 2.39. The van der Waals surface area contributed by atoms with Gasteiger partial charge < -0.3 is 10.5 Å². The second-order valence-corrected chi connectivity index (χ2v) is 4.04. The molecule has 19 heavy (non-hydrogen) atoms. The average molecular weight is 282 g/mol. The summed E-state index contributed by atoms with van der Waals surface area (Å²) < 4.78 is 5.13. The molecule has 0 unspecified atom stereocenters. The van der Waals surface area contributed by atoms with E-state index in [4.69, 9.17) is 10.5 Å². The molecule has 1 rings (SSSR count). The van der Waals surface area contributed by atoms with Crippen LogP contribution < -0.4 is 5.73 Å². The smallest absolute Gasteiger partial charge is 0.338 e. The Balaban J connectivity index is 0.00000324. The minimum Gasteiger partial charge on any atom is -0.458 e. The molecule has 3 nitrogen and oxygen atoms in total. The number of carbonyl (C=O) groups is 1. The second-order valence-electron chi connectivity index (χ2n) is 4.04. The molecule has 0 saturated heterocycles. The van der Waals surface area contributed by atoms with Gasteiger partial charge in [0, 0.05) is 6.04 Å². The van der Waals surface area contributed by atoms with Gasteiger partial charge in [-0.05, 0) is 31.6 Å². The van der Waals surface area contributed by atoms with Gasteiger partial charge >= 0.3 is 5.97 Å². The number of hydrogen-bond acceptors (Lipinski definition) is 3. The molecular formula is C15H20ClNO2. The van der Waals surface area contributed by atoms with E-state index in [1.165, 1.54) is 0 Å². The summed E-state index contributed by atoms with van der Waals surface area (Å²) in [4.78, 5) is 11.6. The van der Waals surface area contributed by atoms with E-state index < -0.39 is 0 Å². The zero-order valence-corrected chi connectivity index (χ0v) is 11.9. The molecule has 0 aliphatic carbocycles. The summed E-state index contributed by atoms with van der Waals surface area (Å²) in [6.45, 7) is 5.80. The fourth-order valence-electron chi connectivity index (χ4n) is 1.42. The van der Waals surface area contributed by atoms with E-state index in [1.807, 2.05) is 19.1 Å². The van der Waals surface area contributed by atoms with Gasteiger partial charge in [-0.1, -0.05) is 29.8 Å². The van der Waals surface area contributed by atoms with E-state index in [9.17, 15) is 4.79 Å². The summed E-state index contributed by atoms with van der Waals surface area (Å²) in [5.41, 5.74) is 7.43. The highest BCUT2D eigenvalue weighted by Crippen LogP contribution is 2.05. The summed E-state index contributed by atoms with van der Waals surface area (Å²) in [6.07, 6.45) is 4.32. The Bertz CT molecular complexity index is 429. The van der Waals surface area contributed by atoms with Crippen molar-refractivity contribution in [3.8, 4) is 0 Å². The number of benzene rings is 1. The molecule has 1 atom stereocenters. The molecule has 0 bridgehead atoms. The largest absolute Gasteiger partial charge is 0.458 e. The number of esters is 1. The third-order valence-corrected chi connectivity index (χ3v) is 2.63. The van der Waals surface area contributed by atoms with E-state index in [0.29, 0.717) is 5.56 Å². The number of halogens is 1. The van der Waals surface area contributed by atoms with Crippen molar-refractivity contribution in [1.29, 1.82) is 0 Å². The molecule has 0 aromatic heterocycles. The van der Waals surface area contributed by atoms with Crippen molar-refractivity contribution in [1.82, 2.24) is 0 Å². The van der Waals surface area contributed by atoms with Gasteiger partial charge in [-0.3, -0.25) is 0 Å². The molecule has 0 saturated carbocycles. The molecule has 2 N–H and O–H groups in total. The first-order chi connectivity index (χ1) is 8.65. The maximum atomic E-state index is 11.6. The Hall–Kier alpha value is -1.58. The molecule has 0 heterocycles. The van der Waals surface area contributed by atoms with Crippen molar-refractivity contribution in [2.24, 2.45) is 5.73 Å². The van der Waals surface area contributed by atoms with Crippen LogP contribution in [0.5, 0.6) is 0 Å². The zero-order valence-electron chi connectivity index (χ0n) is 11.0. The highest BCUT2D eigenvalue weighted by Gasteiger charge is 2.05. The molecule has 0 amide bonds. The highest BCUT2D eigenvalue weighted by atomic mass is 35.5. The minimum atomic E-state index is -0.322. The molecule has 1 aromatic carbocycles. The van der Waals surface area contributed by atoms with Crippen molar-refractivity contribution in [2.75, 3.05) is 6.61 Å². The van der Waals surface area contributed by atoms with Gasteiger partial charge in [0.2, 0.25) is 0 Å². The molecule has 4 heteroatoms. The monoisotopic (exact) mass is 281 g/mol. The van der Waals surface area contributed by atoms with Crippen LogP contribution in [0.4, 0.5) is 0 Å². The van der Waals surface area contributed by atoms with Crippen molar-refractivity contribution in [2.45, 2.75) is 19.4 Å². The van der Waals surface area contributed by atoms with E-state index in [-0.39, 0.29) is 31.0 Å². The van der Waals surface area contributed by atoms with Crippen LogP contribution >= 0.6 is 12.4 Å². The van der Waals surface area contributed by atoms with Crippen LogP contribution in [0.15, 0.2) is 54.6 Å². The Kier molecular flexibility index (Phi) is 8.58. The predicted octanol–water partition coefficient (Wildman–Crippen LogP) is 3.11. The van der Waals surface area contributed by atoms with Gasteiger partial charge in [-0.15, -0.1) is 19.0 Å². The Morgan fingerprint density at radius 3 is 2.63 bits per heavy atom. The van der Waals surface area contributed by atoms with Gasteiger partial charge in [-0.25, -0.2) is 4.79 Å². The molecule has 0 fully saturated rings. The first-order valence-corrected chi connectivity index (χ1v) is 5.90. The molecule has 1 aromatic rings.